The molecule has 0 bridgehead atoms. The Bertz CT molecular complexity index is 461. The molecule has 0 saturated carbocycles. The first kappa shape index (κ1) is 15.1. The lowest BCUT2D eigenvalue weighted by Gasteiger charge is -2.24. The summed E-state index contributed by atoms with van der Waals surface area (Å²) in [5.41, 5.74) is 0.689. The molecular formula is C14H17ClINO2. The number of benzene rings is 1. The van der Waals surface area contributed by atoms with Gasteiger partial charge in [-0.05, 0) is 54.1 Å². The van der Waals surface area contributed by atoms with E-state index in [1.165, 1.54) is 0 Å². The lowest BCUT2D eigenvalue weighted by Crippen LogP contribution is -2.35. The van der Waals surface area contributed by atoms with Crippen LogP contribution in [-0.2, 0) is 4.74 Å². The van der Waals surface area contributed by atoms with Crippen LogP contribution in [-0.4, -0.2) is 37.1 Å². The minimum absolute atomic E-state index is 0.0568. The van der Waals surface area contributed by atoms with E-state index in [1.807, 2.05) is 17.9 Å². The van der Waals surface area contributed by atoms with Crippen molar-refractivity contribution in [3.05, 3.63) is 32.4 Å². The van der Waals surface area contributed by atoms with Crippen LogP contribution in [0.1, 0.15) is 23.7 Å². The Morgan fingerprint density at radius 1 is 1.58 bits per heavy atom. The molecule has 3 nitrogen and oxygen atoms in total. The Morgan fingerprint density at radius 3 is 3.00 bits per heavy atom. The molecule has 104 valence electrons. The molecule has 0 radical (unpaired) electrons. The lowest BCUT2D eigenvalue weighted by molar-refractivity contribution is 0.0730. The van der Waals surface area contributed by atoms with Gasteiger partial charge < -0.3 is 9.64 Å². The highest BCUT2D eigenvalue weighted by atomic mass is 127. The van der Waals surface area contributed by atoms with Crippen LogP contribution in [0.15, 0.2) is 18.2 Å². The number of carbonyl (C=O) groups is 1. The molecule has 1 fully saturated rings. The monoisotopic (exact) mass is 393 g/mol. The van der Waals surface area contributed by atoms with E-state index in [4.69, 9.17) is 16.3 Å². The number of amides is 1. The Kier molecular flexibility index (Phi) is 5.47. The first-order valence-electron chi connectivity index (χ1n) is 6.44. The maximum absolute atomic E-state index is 12.6. The SMILES string of the molecule is CCN(CC1CCOC1)C(=O)c1cc(Cl)ccc1I. The second kappa shape index (κ2) is 6.90. The van der Waals surface area contributed by atoms with E-state index in [9.17, 15) is 4.79 Å². The fourth-order valence-corrected chi connectivity index (χ4v) is 2.96. The average Bonchev–Trinajstić information content (AvgIpc) is 2.91. The molecule has 0 aromatic heterocycles. The molecule has 1 aliphatic heterocycles. The summed E-state index contributed by atoms with van der Waals surface area (Å²) >= 11 is 8.16. The molecule has 19 heavy (non-hydrogen) atoms. The van der Waals surface area contributed by atoms with Crippen LogP contribution in [0.4, 0.5) is 0 Å². The molecule has 1 atom stereocenters. The molecule has 1 unspecified atom stereocenters. The molecule has 0 aliphatic carbocycles. The summed E-state index contributed by atoms with van der Waals surface area (Å²) in [6.07, 6.45) is 1.04. The van der Waals surface area contributed by atoms with Crippen LogP contribution in [0.5, 0.6) is 0 Å². The average molecular weight is 394 g/mol. The van der Waals surface area contributed by atoms with Crippen molar-refractivity contribution in [1.82, 2.24) is 4.90 Å². The molecule has 1 saturated heterocycles. The maximum atomic E-state index is 12.6. The van der Waals surface area contributed by atoms with E-state index in [0.29, 0.717) is 23.0 Å². The van der Waals surface area contributed by atoms with E-state index in [-0.39, 0.29) is 5.91 Å². The molecule has 1 aromatic carbocycles. The third-order valence-corrected chi connectivity index (χ3v) is 4.51. The number of rotatable bonds is 4. The first-order chi connectivity index (χ1) is 9.11. The van der Waals surface area contributed by atoms with Gasteiger partial charge in [-0.1, -0.05) is 11.6 Å². The van der Waals surface area contributed by atoms with Crippen LogP contribution < -0.4 is 0 Å². The summed E-state index contributed by atoms with van der Waals surface area (Å²) in [4.78, 5) is 14.4. The molecule has 0 N–H and O–H groups in total. The minimum Gasteiger partial charge on any atom is -0.381 e. The van der Waals surface area contributed by atoms with Crippen molar-refractivity contribution in [2.75, 3.05) is 26.3 Å². The van der Waals surface area contributed by atoms with Gasteiger partial charge in [0.25, 0.3) is 5.91 Å². The lowest BCUT2D eigenvalue weighted by atomic mass is 10.1. The largest absolute Gasteiger partial charge is 0.381 e. The van der Waals surface area contributed by atoms with E-state index in [1.54, 1.807) is 12.1 Å². The smallest absolute Gasteiger partial charge is 0.254 e. The normalized spacial score (nSPS) is 18.6. The zero-order valence-electron chi connectivity index (χ0n) is 10.9. The second-order valence-electron chi connectivity index (χ2n) is 4.70. The van der Waals surface area contributed by atoms with Crippen molar-refractivity contribution >= 4 is 40.1 Å². The van der Waals surface area contributed by atoms with Gasteiger partial charge in [0.2, 0.25) is 0 Å². The van der Waals surface area contributed by atoms with E-state index in [2.05, 4.69) is 22.6 Å². The van der Waals surface area contributed by atoms with Crippen molar-refractivity contribution in [2.24, 2.45) is 5.92 Å². The zero-order valence-corrected chi connectivity index (χ0v) is 13.8. The Balaban J connectivity index is 2.12. The highest BCUT2D eigenvalue weighted by Crippen LogP contribution is 2.21. The predicted octanol–water partition coefficient (Wildman–Crippen LogP) is 3.44. The molecular weight excluding hydrogens is 377 g/mol. The van der Waals surface area contributed by atoms with Crippen molar-refractivity contribution in [3.8, 4) is 0 Å². The summed E-state index contributed by atoms with van der Waals surface area (Å²) in [5.74, 6) is 0.516. The molecule has 1 aliphatic rings. The van der Waals surface area contributed by atoms with Gasteiger partial charge in [0.05, 0.1) is 12.2 Å². The van der Waals surface area contributed by atoms with Crippen LogP contribution >= 0.6 is 34.2 Å². The number of carbonyl (C=O) groups excluding carboxylic acids is 1. The van der Waals surface area contributed by atoms with Crippen LogP contribution in [0, 0.1) is 9.49 Å². The summed E-state index contributed by atoms with van der Waals surface area (Å²) in [6, 6.07) is 5.43. The van der Waals surface area contributed by atoms with Crippen molar-refractivity contribution in [2.45, 2.75) is 13.3 Å². The molecule has 2 rings (SSSR count). The first-order valence-corrected chi connectivity index (χ1v) is 7.89. The van der Waals surface area contributed by atoms with E-state index >= 15 is 0 Å². The number of ether oxygens (including phenoxy) is 1. The van der Waals surface area contributed by atoms with Crippen LogP contribution in [0.25, 0.3) is 0 Å². The summed E-state index contributed by atoms with van der Waals surface area (Å²) in [6.45, 7) is 5.04. The van der Waals surface area contributed by atoms with E-state index in [0.717, 1.165) is 29.7 Å². The van der Waals surface area contributed by atoms with Gasteiger partial charge >= 0.3 is 0 Å². The van der Waals surface area contributed by atoms with Crippen molar-refractivity contribution in [1.29, 1.82) is 0 Å². The van der Waals surface area contributed by atoms with Crippen molar-refractivity contribution < 1.29 is 9.53 Å². The third kappa shape index (κ3) is 3.83. The standard InChI is InChI=1S/C14H17ClINO2/c1-2-17(8-10-5-6-19-9-10)14(18)12-7-11(15)3-4-13(12)16/h3-4,7,10H,2,5-6,8-9H2,1H3. The molecule has 1 heterocycles. The quantitative estimate of drug-likeness (QED) is 0.734. The molecule has 1 amide bonds. The summed E-state index contributed by atoms with van der Waals surface area (Å²) < 4.78 is 6.31. The summed E-state index contributed by atoms with van der Waals surface area (Å²) in [7, 11) is 0. The van der Waals surface area contributed by atoms with Crippen molar-refractivity contribution in [3.63, 3.8) is 0 Å². The van der Waals surface area contributed by atoms with Crippen LogP contribution in [0.3, 0.4) is 0 Å². The van der Waals surface area contributed by atoms with Gasteiger partial charge in [0, 0.05) is 34.2 Å². The van der Waals surface area contributed by atoms with Crippen LogP contribution in [0.2, 0.25) is 5.02 Å². The van der Waals surface area contributed by atoms with Gasteiger partial charge in [-0.2, -0.15) is 0 Å². The number of halogens is 2. The highest BCUT2D eigenvalue weighted by Gasteiger charge is 2.23. The Labute approximate surface area is 132 Å². The van der Waals surface area contributed by atoms with E-state index < -0.39 is 0 Å². The maximum Gasteiger partial charge on any atom is 0.254 e. The van der Waals surface area contributed by atoms with Gasteiger partial charge in [-0.25, -0.2) is 0 Å². The molecule has 5 heteroatoms. The van der Waals surface area contributed by atoms with Gasteiger partial charge in [0.1, 0.15) is 0 Å². The fraction of sp³-hybridized carbons (Fsp3) is 0.500. The number of hydrogen-bond donors (Lipinski definition) is 0. The Hall–Kier alpha value is -0.330. The highest BCUT2D eigenvalue weighted by molar-refractivity contribution is 14.1. The number of nitrogens with zero attached hydrogens (tertiary/aromatic N) is 1. The third-order valence-electron chi connectivity index (χ3n) is 3.33. The zero-order chi connectivity index (χ0) is 13.8. The van der Waals surface area contributed by atoms with Gasteiger partial charge in [0.15, 0.2) is 0 Å². The van der Waals surface area contributed by atoms with Gasteiger partial charge in [-0.3, -0.25) is 4.79 Å². The fourth-order valence-electron chi connectivity index (χ4n) is 2.23. The Morgan fingerprint density at radius 2 is 2.37 bits per heavy atom. The molecule has 1 aromatic rings. The minimum atomic E-state index is 0.0568. The topological polar surface area (TPSA) is 29.5 Å². The number of hydrogen-bond acceptors (Lipinski definition) is 2. The predicted molar refractivity (Wildman–Crippen MR) is 84.7 cm³/mol. The molecule has 0 spiro atoms. The van der Waals surface area contributed by atoms with Gasteiger partial charge in [-0.15, -0.1) is 0 Å². The summed E-state index contributed by atoms with van der Waals surface area (Å²) in [5, 5.41) is 0.601. The second-order valence-corrected chi connectivity index (χ2v) is 6.30.